The fourth-order valence-electron chi connectivity index (χ4n) is 2.96. The Morgan fingerprint density at radius 1 is 1.39 bits per heavy atom. The molecule has 3 atom stereocenters. The van der Waals surface area contributed by atoms with Gasteiger partial charge < -0.3 is 10.1 Å². The highest BCUT2D eigenvalue weighted by Crippen LogP contribution is 2.34. The van der Waals surface area contributed by atoms with Crippen LogP contribution in [-0.2, 0) is 16.1 Å². The molecular weight excluding hydrogens is 250 g/mol. The van der Waals surface area contributed by atoms with Crippen molar-refractivity contribution >= 4 is 17.6 Å². The van der Waals surface area contributed by atoms with Gasteiger partial charge in [-0.05, 0) is 25.3 Å². The van der Waals surface area contributed by atoms with Crippen LogP contribution < -0.4 is 5.32 Å². The van der Waals surface area contributed by atoms with Crippen molar-refractivity contribution in [3.05, 3.63) is 34.9 Å². The third kappa shape index (κ3) is 2.25. The maximum atomic E-state index is 12.0. The first-order valence-corrected chi connectivity index (χ1v) is 6.78. The second-order valence-corrected chi connectivity index (χ2v) is 5.50. The lowest BCUT2D eigenvalue weighted by molar-refractivity contribution is -0.150. The molecule has 2 aliphatic rings. The van der Waals surface area contributed by atoms with Crippen LogP contribution in [0.25, 0.3) is 0 Å². The molecule has 0 aromatic heterocycles. The van der Waals surface area contributed by atoms with Gasteiger partial charge in [-0.25, -0.2) is 0 Å². The van der Waals surface area contributed by atoms with Gasteiger partial charge in [0.2, 0.25) is 0 Å². The van der Waals surface area contributed by atoms with E-state index in [0.717, 1.165) is 18.4 Å². The van der Waals surface area contributed by atoms with E-state index in [0.29, 0.717) is 17.1 Å². The smallest absolute Gasteiger partial charge is 0.310 e. The summed E-state index contributed by atoms with van der Waals surface area (Å²) in [6, 6.07) is 8.31. The van der Waals surface area contributed by atoms with Crippen LogP contribution in [0, 0.1) is 5.92 Å². The summed E-state index contributed by atoms with van der Waals surface area (Å²) in [7, 11) is 0. The zero-order chi connectivity index (χ0) is 12.5. The number of carbonyl (C=O) groups excluding carboxylic acids is 1. The van der Waals surface area contributed by atoms with Gasteiger partial charge >= 0.3 is 5.97 Å². The number of nitrogens with one attached hydrogen (secondary N) is 1. The van der Waals surface area contributed by atoms with Gasteiger partial charge in [0.1, 0.15) is 6.61 Å². The van der Waals surface area contributed by atoms with Gasteiger partial charge in [-0.15, -0.1) is 0 Å². The van der Waals surface area contributed by atoms with Crippen LogP contribution in [0.2, 0.25) is 5.02 Å². The Labute approximate surface area is 111 Å². The van der Waals surface area contributed by atoms with Crippen molar-refractivity contribution in [1.82, 2.24) is 5.32 Å². The molecule has 2 heterocycles. The molecule has 2 fully saturated rings. The Hall–Kier alpha value is -1.06. The predicted octanol–water partition coefficient (Wildman–Crippen LogP) is 2.52. The molecule has 2 saturated heterocycles. The van der Waals surface area contributed by atoms with Crippen LogP contribution in [0.3, 0.4) is 0 Å². The number of hydrogen-bond acceptors (Lipinski definition) is 3. The highest BCUT2D eigenvalue weighted by atomic mass is 35.5. The Kier molecular flexibility index (Phi) is 3.27. The summed E-state index contributed by atoms with van der Waals surface area (Å²) in [4.78, 5) is 12.0. The number of rotatable bonds is 3. The molecule has 18 heavy (non-hydrogen) atoms. The maximum Gasteiger partial charge on any atom is 0.310 e. The van der Waals surface area contributed by atoms with Crippen LogP contribution in [0.4, 0.5) is 0 Å². The summed E-state index contributed by atoms with van der Waals surface area (Å²) in [5.41, 5.74) is 0.864. The van der Waals surface area contributed by atoms with Crippen LogP contribution in [0.5, 0.6) is 0 Å². The molecular formula is C14H16ClNO2. The number of ether oxygens (including phenoxy) is 1. The molecule has 3 rings (SSSR count). The highest BCUT2D eigenvalue weighted by molar-refractivity contribution is 6.31. The number of esters is 1. The molecule has 4 heteroatoms. The molecule has 0 aliphatic carbocycles. The lowest BCUT2D eigenvalue weighted by atomic mass is 9.89. The minimum Gasteiger partial charge on any atom is -0.460 e. The van der Waals surface area contributed by atoms with Crippen LogP contribution in [-0.4, -0.2) is 18.1 Å². The van der Waals surface area contributed by atoms with Crippen molar-refractivity contribution in [3.8, 4) is 0 Å². The fourth-order valence-corrected chi connectivity index (χ4v) is 3.15. The molecule has 0 radical (unpaired) electrons. The van der Waals surface area contributed by atoms with Gasteiger partial charge in [0.05, 0.1) is 5.92 Å². The van der Waals surface area contributed by atoms with E-state index in [9.17, 15) is 4.79 Å². The molecule has 2 aliphatic heterocycles. The molecule has 96 valence electrons. The van der Waals surface area contributed by atoms with Gasteiger partial charge in [-0.1, -0.05) is 29.8 Å². The fraction of sp³-hybridized carbons (Fsp3) is 0.500. The number of halogens is 1. The van der Waals surface area contributed by atoms with Crippen molar-refractivity contribution in [2.24, 2.45) is 5.92 Å². The lowest BCUT2D eigenvalue weighted by Gasteiger charge is -2.18. The molecule has 0 spiro atoms. The molecule has 2 bridgehead atoms. The Morgan fingerprint density at radius 2 is 2.22 bits per heavy atom. The third-order valence-corrected chi connectivity index (χ3v) is 4.30. The molecule has 3 nitrogen and oxygen atoms in total. The van der Waals surface area contributed by atoms with Crippen LogP contribution in [0.15, 0.2) is 24.3 Å². The molecule has 1 N–H and O–H groups in total. The summed E-state index contributed by atoms with van der Waals surface area (Å²) in [5, 5.41) is 4.09. The van der Waals surface area contributed by atoms with Crippen molar-refractivity contribution in [3.63, 3.8) is 0 Å². The first-order valence-electron chi connectivity index (χ1n) is 6.40. The van der Waals surface area contributed by atoms with Gasteiger partial charge in [0.25, 0.3) is 0 Å². The second kappa shape index (κ2) is 4.90. The average molecular weight is 266 g/mol. The second-order valence-electron chi connectivity index (χ2n) is 5.09. The normalized spacial score (nSPS) is 29.5. The zero-order valence-electron chi connectivity index (χ0n) is 10.1. The topological polar surface area (TPSA) is 38.3 Å². The van der Waals surface area contributed by atoms with Crippen molar-refractivity contribution in [1.29, 1.82) is 0 Å². The lowest BCUT2D eigenvalue weighted by Crippen LogP contribution is -2.30. The number of fused-ring (bicyclic) bond motifs is 2. The standard InChI is InChI=1S/C14H16ClNO2/c15-12-4-2-1-3-9(12)8-18-14(17)11-7-10-5-6-13(11)16-10/h1-4,10-11,13,16H,5-8H2. The summed E-state index contributed by atoms with van der Waals surface area (Å²) in [5.74, 6) is -0.0548. The SMILES string of the molecule is O=C(OCc1ccccc1Cl)C1CC2CCC1N2. The largest absolute Gasteiger partial charge is 0.460 e. The predicted molar refractivity (Wildman–Crippen MR) is 69.3 cm³/mol. The first-order chi connectivity index (χ1) is 8.74. The number of carbonyl (C=O) groups is 1. The number of hydrogen-bond donors (Lipinski definition) is 1. The monoisotopic (exact) mass is 265 g/mol. The Morgan fingerprint density at radius 3 is 2.89 bits per heavy atom. The molecule has 1 aromatic rings. The minimum absolute atomic E-state index is 0.0336. The van der Waals surface area contributed by atoms with Crippen LogP contribution >= 0.6 is 11.6 Å². The average Bonchev–Trinajstić information content (AvgIpc) is 2.99. The summed E-state index contributed by atoms with van der Waals surface area (Å²) < 4.78 is 5.38. The van der Waals surface area contributed by atoms with E-state index < -0.39 is 0 Å². The van der Waals surface area contributed by atoms with E-state index in [1.807, 2.05) is 24.3 Å². The molecule has 0 amide bonds. The van der Waals surface area contributed by atoms with E-state index in [1.165, 1.54) is 6.42 Å². The summed E-state index contributed by atoms with van der Waals surface area (Å²) in [6.45, 7) is 0.270. The molecule has 1 aromatic carbocycles. The Balaban J connectivity index is 1.58. The highest BCUT2D eigenvalue weighted by Gasteiger charge is 2.43. The maximum absolute atomic E-state index is 12.0. The van der Waals surface area contributed by atoms with E-state index in [-0.39, 0.29) is 18.5 Å². The zero-order valence-corrected chi connectivity index (χ0v) is 10.8. The van der Waals surface area contributed by atoms with Crippen LogP contribution in [0.1, 0.15) is 24.8 Å². The minimum atomic E-state index is -0.0883. The van der Waals surface area contributed by atoms with Gasteiger partial charge in [-0.3, -0.25) is 4.79 Å². The van der Waals surface area contributed by atoms with Gasteiger partial charge in [-0.2, -0.15) is 0 Å². The van der Waals surface area contributed by atoms with E-state index >= 15 is 0 Å². The van der Waals surface area contributed by atoms with Crippen molar-refractivity contribution in [2.45, 2.75) is 38.0 Å². The third-order valence-electron chi connectivity index (χ3n) is 3.93. The number of benzene rings is 1. The Bertz CT molecular complexity index is 463. The van der Waals surface area contributed by atoms with Gasteiger partial charge in [0, 0.05) is 22.7 Å². The van der Waals surface area contributed by atoms with E-state index in [2.05, 4.69) is 5.32 Å². The summed E-state index contributed by atoms with van der Waals surface area (Å²) in [6.07, 6.45) is 3.21. The molecule has 0 saturated carbocycles. The van der Waals surface area contributed by atoms with Crippen molar-refractivity contribution in [2.75, 3.05) is 0 Å². The summed E-state index contributed by atoms with van der Waals surface area (Å²) >= 11 is 6.03. The van der Waals surface area contributed by atoms with Gasteiger partial charge in [0.15, 0.2) is 0 Å². The quantitative estimate of drug-likeness (QED) is 0.854. The molecule has 3 unspecified atom stereocenters. The van der Waals surface area contributed by atoms with E-state index in [1.54, 1.807) is 0 Å². The van der Waals surface area contributed by atoms with Crippen molar-refractivity contribution < 1.29 is 9.53 Å². The first kappa shape index (κ1) is 12.0. The van der Waals surface area contributed by atoms with E-state index in [4.69, 9.17) is 16.3 Å².